The molecule has 24 heavy (non-hydrogen) atoms. The van der Waals surface area contributed by atoms with E-state index in [2.05, 4.69) is 19.9 Å². The number of halogens is 2. The molecular weight excluding hydrogens is 355 g/mol. The minimum Gasteiger partial charge on any atom is -0.480 e. The van der Waals surface area contributed by atoms with E-state index in [1.165, 1.54) is 18.9 Å². The molecule has 0 amide bonds. The highest BCUT2D eigenvalue weighted by molar-refractivity contribution is 7.98. The third-order valence-corrected chi connectivity index (χ3v) is 5.09. The number of fused-ring (bicyclic) bond motifs is 2. The number of nitrogens with zero attached hydrogens (tertiary/aromatic N) is 4. The lowest BCUT2D eigenvalue weighted by Gasteiger charge is -2.24. The molecule has 2 unspecified atom stereocenters. The van der Waals surface area contributed by atoms with Crippen molar-refractivity contribution in [1.29, 1.82) is 0 Å². The molecule has 0 N–H and O–H groups in total. The zero-order valence-corrected chi connectivity index (χ0v) is 14.8. The second kappa shape index (κ2) is 6.16. The van der Waals surface area contributed by atoms with Crippen molar-refractivity contribution in [2.75, 3.05) is 31.4 Å². The Morgan fingerprint density at radius 1 is 1.38 bits per heavy atom. The molecule has 2 aromatic rings. The van der Waals surface area contributed by atoms with Crippen LogP contribution in [0.1, 0.15) is 12.8 Å². The molecule has 3 heterocycles. The molecule has 1 saturated carbocycles. The van der Waals surface area contributed by atoms with Crippen molar-refractivity contribution >= 4 is 40.1 Å². The molecule has 2 atom stereocenters. The van der Waals surface area contributed by atoms with Crippen molar-refractivity contribution in [3.8, 4) is 5.88 Å². The summed E-state index contributed by atoms with van der Waals surface area (Å²) < 4.78 is 25.7. The topological polar surface area (TPSA) is 60.4 Å². The van der Waals surface area contributed by atoms with E-state index < -0.39 is 5.82 Å². The second-order valence-electron chi connectivity index (χ2n) is 5.74. The Morgan fingerprint density at radius 2 is 2.21 bits per heavy atom. The van der Waals surface area contributed by atoms with Crippen LogP contribution in [0.5, 0.6) is 5.88 Å². The van der Waals surface area contributed by atoms with Crippen LogP contribution in [0.3, 0.4) is 0 Å². The highest BCUT2D eigenvalue weighted by Gasteiger charge is 2.45. The van der Waals surface area contributed by atoms with Gasteiger partial charge in [-0.3, -0.25) is 0 Å². The normalized spacial score (nSPS) is 23.1. The highest BCUT2D eigenvalue weighted by Crippen LogP contribution is 2.42. The molecule has 9 heteroatoms. The van der Waals surface area contributed by atoms with E-state index in [4.69, 9.17) is 21.1 Å². The molecule has 1 aliphatic heterocycles. The van der Waals surface area contributed by atoms with Crippen molar-refractivity contribution < 1.29 is 13.9 Å². The number of methoxy groups -OCH3 is 1. The van der Waals surface area contributed by atoms with Gasteiger partial charge in [0.05, 0.1) is 19.3 Å². The summed E-state index contributed by atoms with van der Waals surface area (Å²) in [5.74, 6) is 0.230. The van der Waals surface area contributed by atoms with Gasteiger partial charge in [0.1, 0.15) is 16.7 Å². The van der Waals surface area contributed by atoms with Gasteiger partial charge >= 0.3 is 0 Å². The van der Waals surface area contributed by atoms with E-state index >= 15 is 0 Å². The van der Waals surface area contributed by atoms with Crippen LogP contribution in [0, 0.1) is 5.82 Å². The van der Waals surface area contributed by atoms with Crippen LogP contribution in [-0.4, -0.2) is 53.6 Å². The Bertz CT molecular complexity index is 809. The molecule has 2 fully saturated rings. The van der Waals surface area contributed by atoms with Crippen LogP contribution in [0.4, 0.5) is 10.2 Å². The van der Waals surface area contributed by atoms with Gasteiger partial charge in [-0.2, -0.15) is 4.98 Å². The van der Waals surface area contributed by atoms with Gasteiger partial charge in [-0.15, -0.1) is 0 Å². The summed E-state index contributed by atoms with van der Waals surface area (Å²) in [7, 11) is 1.48. The average molecular weight is 371 g/mol. The first-order valence-corrected chi connectivity index (χ1v) is 9.27. The predicted molar refractivity (Wildman–Crippen MR) is 90.7 cm³/mol. The maximum absolute atomic E-state index is 14.6. The minimum atomic E-state index is -0.648. The van der Waals surface area contributed by atoms with Crippen LogP contribution in [0.2, 0.25) is 5.15 Å². The van der Waals surface area contributed by atoms with Gasteiger partial charge in [-0.25, -0.2) is 14.4 Å². The minimum absolute atomic E-state index is 0.142. The number of pyridine rings is 1. The maximum Gasteiger partial charge on any atom is 0.228 e. The van der Waals surface area contributed by atoms with Gasteiger partial charge in [0.25, 0.3) is 0 Å². The first kappa shape index (κ1) is 16.1. The van der Waals surface area contributed by atoms with E-state index in [-0.39, 0.29) is 28.7 Å². The number of hydrogen-bond acceptors (Lipinski definition) is 7. The van der Waals surface area contributed by atoms with Crippen molar-refractivity contribution in [3.63, 3.8) is 0 Å². The first-order chi connectivity index (χ1) is 11.6. The Hall–Kier alpha value is -1.38. The summed E-state index contributed by atoms with van der Waals surface area (Å²) >= 11 is 7.26. The molecule has 0 radical (unpaired) electrons. The van der Waals surface area contributed by atoms with Gasteiger partial charge in [0, 0.05) is 13.2 Å². The van der Waals surface area contributed by atoms with Gasteiger partial charge in [-0.1, -0.05) is 23.4 Å². The van der Waals surface area contributed by atoms with Crippen LogP contribution < -0.4 is 9.64 Å². The molecule has 0 spiro atoms. The van der Waals surface area contributed by atoms with Crippen LogP contribution in [0.15, 0.2) is 5.16 Å². The number of rotatable bonds is 3. The molecule has 6 nitrogen and oxygen atoms in total. The van der Waals surface area contributed by atoms with E-state index in [1.54, 1.807) is 0 Å². The Labute approximate surface area is 147 Å². The van der Waals surface area contributed by atoms with Crippen molar-refractivity contribution in [2.45, 2.75) is 30.1 Å². The summed E-state index contributed by atoms with van der Waals surface area (Å²) in [6.45, 7) is 1.51. The molecule has 1 aliphatic carbocycles. The Kier molecular flexibility index (Phi) is 4.14. The molecule has 4 rings (SSSR count). The number of hydrogen-bond donors (Lipinski definition) is 0. The lowest BCUT2D eigenvalue weighted by atomic mass is 10.2. The van der Waals surface area contributed by atoms with Crippen molar-refractivity contribution in [1.82, 2.24) is 15.0 Å². The summed E-state index contributed by atoms with van der Waals surface area (Å²) in [6, 6.07) is 0.253. The van der Waals surface area contributed by atoms with Gasteiger partial charge in [-0.05, 0) is 19.1 Å². The Balaban J connectivity index is 1.97. The van der Waals surface area contributed by atoms with E-state index in [0.29, 0.717) is 16.4 Å². The fourth-order valence-electron chi connectivity index (χ4n) is 3.09. The predicted octanol–water partition coefficient (Wildman–Crippen LogP) is 2.92. The third-order valence-electron chi connectivity index (χ3n) is 4.30. The van der Waals surface area contributed by atoms with Crippen LogP contribution >= 0.6 is 23.4 Å². The molecular formula is C15H16ClFN4O2S. The number of thioether (sulfide) groups is 1. The quantitative estimate of drug-likeness (QED) is 0.467. The van der Waals surface area contributed by atoms with Crippen molar-refractivity contribution in [3.05, 3.63) is 11.0 Å². The second-order valence-corrected chi connectivity index (χ2v) is 6.87. The lowest BCUT2D eigenvalue weighted by molar-refractivity contribution is 0.124. The first-order valence-electron chi connectivity index (χ1n) is 7.67. The van der Waals surface area contributed by atoms with E-state index in [9.17, 15) is 4.39 Å². The zero-order chi connectivity index (χ0) is 16.8. The lowest BCUT2D eigenvalue weighted by Crippen LogP contribution is -2.29. The zero-order valence-electron chi connectivity index (χ0n) is 13.3. The van der Waals surface area contributed by atoms with Crippen LogP contribution in [-0.2, 0) is 4.74 Å². The third kappa shape index (κ3) is 2.57. The average Bonchev–Trinajstić information content (AvgIpc) is 3.37. The Morgan fingerprint density at radius 3 is 2.96 bits per heavy atom. The summed E-state index contributed by atoms with van der Waals surface area (Å²) in [6.07, 6.45) is 3.91. The summed E-state index contributed by atoms with van der Waals surface area (Å²) in [5.41, 5.74) is 0.142. The SMILES string of the molecule is COc1nc(Cl)c(F)c2nc(SC)nc(N3CCCOC4CC43)c12. The molecule has 128 valence electrons. The van der Waals surface area contributed by atoms with Gasteiger partial charge < -0.3 is 14.4 Å². The summed E-state index contributed by atoms with van der Waals surface area (Å²) in [4.78, 5) is 15.1. The van der Waals surface area contributed by atoms with Gasteiger partial charge in [0.15, 0.2) is 16.1 Å². The smallest absolute Gasteiger partial charge is 0.228 e. The fourth-order valence-corrected chi connectivity index (χ4v) is 3.61. The van der Waals surface area contributed by atoms with E-state index in [1.807, 2.05) is 6.26 Å². The van der Waals surface area contributed by atoms with E-state index in [0.717, 1.165) is 26.0 Å². The fraction of sp³-hybridized carbons (Fsp3) is 0.533. The maximum atomic E-state index is 14.6. The number of anilines is 1. The number of aromatic nitrogens is 3. The molecule has 2 aromatic heterocycles. The molecule has 0 aromatic carbocycles. The molecule has 2 aliphatic rings. The van der Waals surface area contributed by atoms with Crippen molar-refractivity contribution in [2.24, 2.45) is 0 Å². The summed E-state index contributed by atoms with van der Waals surface area (Å²) in [5, 5.41) is 0.701. The van der Waals surface area contributed by atoms with Crippen LogP contribution in [0.25, 0.3) is 10.9 Å². The monoisotopic (exact) mass is 370 g/mol. The van der Waals surface area contributed by atoms with Gasteiger partial charge in [0.2, 0.25) is 5.88 Å². The standard InChI is InChI=1S/C15H16ClFN4O2S/c1-22-14-9-11(10(17)12(16)19-14)18-15(24-2)20-13(9)21-4-3-5-23-8-6-7(8)21/h7-8H,3-6H2,1-2H3. The highest BCUT2D eigenvalue weighted by atomic mass is 35.5. The number of ether oxygens (including phenoxy) is 2. The molecule has 0 bridgehead atoms. The molecule has 1 saturated heterocycles. The largest absolute Gasteiger partial charge is 0.480 e.